The van der Waals surface area contributed by atoms with Crippen LogP contribution in [0, 0.1) is 0 Å². The lowest BCUT2D eigenvalue weighted by molar-refractivity contribution is 0.0482. The average molecular weight is 250 g/mol. The maximum absolute atomic E-state index is 11.5. The van der Waals surface area contributed by atoms with Crippen molar-refractivity contribution < 1.29 is 19.0 Å². The second kappa shape index (κ2) is 8.44. The molecule has 0 spiro atoms. The molecule has 0 fully saturated rings. The van der Waals surface area contributed by atoms with Gasteiger partial charge >= 0.3 is 5.97 Å². The zero-order valence-electron chi connectivity index (χ0n) is 10.6. The van der Waals surface area contributed by atoms with Gasteiger partial charge in [0.1, 0.15) is 0 Å². The van der Waals surface area contributed by atoms with E-state index in [9.17, 15) is 4.79 Å². The summed E-state index contributed by atoms with van der Waals surface area (Å²) in [6.07, 6.45) is 1.69. The maximum Gasteiger partial charge on any atom is 0.338 e. The molecule has 0 saturated carbocycles. The molecule has 0 atom stereocenters. The van der Waals surface area contributed by atoms with Crippen molar-refractivity contribution in [3.05, 3.63) is 48.0 Å². The Morgan fingerprint density at radius 2 is 2.00 bits per heavy atom. The number of hydrogen-bond acceptors (Lipinski definition) is 4. The number of ether oxygens (including phenoxy) is 3. The number of carbonyl (C=O) groups is 1. The van der Waals surface area contributed by atoms with Crippen LogP contribution in [-0.2, 0) is 20.8 Å². The highest BCUT2D eigenvalue weighted by atomic mass is 16.5. The molecular formula is C14H18O4. The van der Waals surface area contributed by atoms with Gasteiger partial charge in [-0.05, 0) is 11.6 Å². The van der Waals surface area contributed by atoms with Gasteiger partial charge in [0.25, 0.3) is 0 Å². The van der Waals surface area contributed by atoms with Gasteiger partial charge in [0.15, 0.2) is 0 Å². The Morgan fingerprint density at radius 3 is 2.72 bits per heavy atom. The van der Waals surface area contributed by atoms with E-state index in [1.165, 1.54) is 7.11 Å². The summed E-state index contributed by atoms with van der Waals surface area (Å²) >= 11 is 0. The van der Waals surface area contributed by atoms with Crippen molar-refractivity contribution in [3.63, 3.8) is 0 Å². The van der Waals surface area contributed by atoms with E-state index in [2.05, 4.69) is 6.58 Å². The Labute approximate surface area is 107 Å². The summed E-state index contributed by atoms with van der Waals surface area (Å²) in [6.45, 7) is 5.41. The van der Waals surface area contributed by atoms with Crippen LogP contribution in [0.1, 0.15) is 15.9 Å². The van der Waals surface area contributed by atoms with Crippen LogP contribution in [0.2, 0.25) is 0 Å². The Kier molecular flexibility index (Phi) is 6.76. The van der Waals surface area contributed by atoms with Crippen LogP contribution < -0.4 is 0 Å². The lowest BCUT2D eigenvalue weighted by Gasteiger charge is -2.08. The third kappa shape index (κ3) is 4.69. The zero-order chi connectivity index (χ0) is 13.2. The van der Waals surface area contributed by atoms with E-state index in [1.54, 1.807) is 18.2 Å². The first-order valence-corrected chi connectivity index (χ1v) is 5.72. The average Bonchev–Trinajstić information content (AvgIpc) is 2.42. The van der Waals surface area contributed by atoms with Crippen LogP contribution in [0.3, 0.4) is 0 Å². The fourth-order valence-electron chi connectivity index (χ4n) is 1.42. The van der Waals surface area contributed by atoms with Gasteiger partial charge in [-0.15, -0.1) is 6.58 Å². The van der Waals surface area contributed by atoms with E-state index in [4.69, 9.17) is 14.2 Å². The first-order chi connectivity index (χ1) is 8.79. The molecule has 1 aromatic carbocycles. The molecule has 4 nitrogen and oxygen atoms in total. The Hall–Kier alpha value is -1.65. The number of benzene rings is 1. The Morgan fingerprint density at radius 1 is 1.28 bits per heavy atom. The minimum absolute atomic E-state index is 0.350. The second-order valence-corrected chi connectivity index (χ2v) is 3.56. The summed E-state index contributed by atoms with van der Waals surface area (Å²) in [7, 11) is 1.36. The summed E-state index contributed by atoms with van der Waals surface area (Å²) in [4.78, 5) is 11.5. The summed E-state index contributed by atoms with van der Waals surface area (Å²) < 4.78 is 15.3. The molecule has 0 N–H and O–H groups in total. The van der Waals surface area contributed by atoms with Crippen LogP contribution in [0.25, 0.3) is 0 Å². The lowest BCUT2D eigenvalue weighted by atomic mass is 10.1. The van der Waals surface area contributed by atoms with Gasteiger partial charge in [0.05, 0.1) is 39.1 Å². The van der Waals surface area contributed by atoms with Crippen molar-refractivity contribution in [1.82, 2.24) is 0 Å². The molecule has 0 saturated heterocycles. The third-order valence-electron chi connectivity index (χ3n) is 2.29. The molecule has 0 aromatic heterocycles. The minimum Gasteiger partial charge on any atom is -0.465 e. The SMILES string of the molecule is C=CCOCCOCc1ccccc1C(=O)OC. The van der Waals surface area contributed by atoms with Crippen LogP contribution in [-0.4, -0.2) is 32.9 Å². The molecule has 0 bridgehead atoms. The smallest absolute Gasteiger partial charge is 0.338 e. The van der Waals surface area contributed by atoms with Gasteiger partial charge in [-0.3, -0.25) is 0 Å². The molecule has 0 radical (unpaired) electrons. The van der Waals surface area contributed by atoms with E-state index in [-0.39, 0.29) is 5.97 Å². The van der Waals surface area contributed by atoms with E-state index < -0.39 is 0 Å². The highest BCUT2D eigenvalue weighted by Gasteiger charge is 2.10. The molecule has 0 aliphatic rings. The zero-order valence-corrected chi connectivity index (χ0v) is 10.6. The first kappa shape index (κ1) is 14.4. The number of hydrogen-bond donors (Lipinski definition) is 0. The third-order valence-corrected chi connectivity index (χ3v) is 2.29. The molecule has 1 rings (SSSR count). The summed E-state index contributed by atoms with van der Waals surface area (Å²) in [6, 6.07) is 7.22. The van der Waals surface area contributed by atoms with Gasteiger partial charge in [-0.1, -0.05) is 24.3 Å². The fourth-order valence-corrected chi connectivity index (χ4v) is 1.42. The standard InChI is InChI=1S/C14H18O4/c1-3-8-17-9-10-18-11-12-6-4-5-7-13(12)14(15)16-2/h3-7H,1,8-11H2,2H3. The number of methoxy groups -OCH3 is 1. The lowest BCUT2D eigenvalue weighted by Crippen LogP contribution is -2.09. The molecule has 0 aliphatic carbocycles. The molecule has 0 aliphatic heterocycles. The molecule has 4 heteroatoms. The molecule has 0 amide bonds. The van der Waals surface area contributed by atoms with Crippen molar-refractivity contribution in [3.8, 4) is 0 Å². The molecular weight excluding hydrogens is 232 g/mol. The quantitative estimate of drug-likeness (QED) is 0.403. The van der Waals surface area contributed by atoms with Gasteiger partial charge < -0.3 is 14.2 Å². The topological polar surface area (TPSA) is 44.8 Å². The number of esters is 1. The van der Waals surface area contributed by atoms with Gasteiger partial charge in [0, 0.05) is 0 Å². The summed E-state index contributed by atoms with van der Waals surface area (Å²) in [5, 5.41) is 0. The van der Waals surface area contributed by atoms with Gasteiger partial charge in [0.2, 0.25) is 0 Å². The van der Waals surface area contributed by atoms with Crippen LogP contribution in [0.5, 0.6) is 0 Å². The fraction of sp³-hybridized carbons (Fsp3) is 0.357. The van der Waals surface area contributed by atoms with Crippen molar-refractivity contribution in [1.29, 1.82) is 0 Å². The normalized spacial score (nSPS) is 10.1. The van der Waals surface area contributed by atoms with Crippen LogP contribution in [0.4, 0.5) is 0 Å². The molecule has 0 heterocycles. The second-order valence-electron chi connectivity index (χ2n) is 3.56. The largest absolute Gasteiger partial charge is 0.465 e. The minimum atomic E-state index is -0.350. The van der Waals surface area contributed by atoms with Gasteiger partial charge in [-0.2, -0.15) is 0 Å². The van der Waals surface area contributed by atoms with Crippen LogP contribution in [0.15, 0.2) is 36.9 Å². The molecule has 0 unspecified atom stereocenters. The predicted molar refractivity (Wildman–Crippen MR) is 68.5 cm³/mol. The van der Waals surface area contributed by atoms with E-state index in [0.717, 1.165) is 5.56 Å². The Balaban J connectivity index is 2.42. The van der Waals surface area contributed by atoms with E-state index >= 15 is 0 Å². The van der Waals surface area contributed by atoms with Gasteiger partial charge in [-0.25, -0.2) is 4.79 Å². The van der Waals surface area contributed by atoms with Crippen molar-refractivity contribution in [2.75, 3.05) is 26.9 Å². The Bertz CT molecular complexity index is 387. The highest BCUT2D eigenvalue weighted by Crippen LogP contribution is 2.11. The number of rotatable bonds is 8. The van der Waals surface area contributed by atoms with Crippen LogP contribution >= 0.6 is 0 Å². The van der Waals surface area contributed by atoms with E-state index in [1.807, 2.05) is 12.1 Å². The molecule has 98 valence electrons. The monoisotopic (exact) mass is 250 g/mol. The molecule has 1 aromatic rings. The number of carbonyl (C=O) groups excluding carboxylic acids is 1. The summed E-state index contributed by atoms with van der Waals surface area (Å²) in [5.74, 6) is -0.350. The van der Waals surface area contributed by atoms with Crippen molar-refractivity contribution in [2.45, 2.75) is 6.61 Å². The van der Waals surface area contributed by atoms with Crippen molar-refractivity contribution >= 4 is 5.97 Å². The van der Waals surface area contributed by atoms with Crippen molar-refractivity contribution in [2.24, 2.45) is 0 Å². The molecule has 18 heavy (non-hydrogen) atoms. The van der Waals surface area contributed by atoms with E-state index in [0.29, 0.717) is 32.0 Å². The highest BCUT2D eigenvalue weighted by molar-refractivity contribution is 5.90. The summed E-state index contributed by atoms with van der Waals surface area (Å²) in [5.41, 5.74) is 1.35. The first-order valence-electron chi connectivity index (χ1n) is 5.72. The predicted octanol–water partition coefficient (Wildman–Crippen LogP) is 2.19. The maximum atomic E-state index is 11.5.